The molecule has 0 aliphatic rings. The summed E-state index contributed by atoms with van der Waals surface area (Å²) < 4.78 is 55.8. The maximum Gasteiger partial charge on any atom is 0.573 e. The first kappa shape index (κ1) is 19.4. The first-order valence-electron chi connectivity index (χ1n) is 7.26. The molecule has 0 atom stereocenters. The number of nitrogens with zero attached hydrogens (tertiary/aromatic N) is 2. The quantitative estimate of drug-likeness (QED) is 0.442. The van der Waals surface area contributed by atoms with Crippen molar-refractivity contribution in [2.45, 2.75) is 6.36 Å². The Morgan fingerprint density at radius 1 is 1.26 bits per heavy atom. The second-order valence-corrected chi connectivity index (χ2v) is 6.40. The van der Waals surface area contributed by atoms with E-state index in [1.54, 1.807) is 7.05 Å². The number of hydrogen-bond donors (Lipinski definition) is 1. The highest BCUT2D eigenvalue weighted by atomic mass is 79.9. The predicted octanol–water partition coefficient (Wildman–Crippen LogP) is 4.88. The Labute approximate surface area is 162 Å². The largest absolute Gasteiger partial charge is 0.573 e. The third-order valence-corrected chi connectivity index (χ3v) is 4.58. The number of nitrogens with one attached hydrogen (secondary N) is 1. The van der Waals surface area contributed by atoms with Gasteiger partial charge in [-0.3, -0.25) is 9.36 Å². The molecule has 1 N–H and O–H groups in total. The number of anilines is 1. The standard InChI is InChI=1S/C16H9BrClF4N3O2/c1-23-12-9-6-10(19)13(18)24-14(9)25(15(26)11(12)17)7-2-4-8(5-3-7)27-16(20,21)22/h2-6,23H,1H3. The first-order valence-corrected chi connectivity index (χ1v) is 8.43. The van der Waals surface area contributed by atoms with Crippen molar-refractivity contribution in [3.05, 3.63) is 56.1 Å². The third-order valence-electron chi connectivity index (χ3n) is 3.58. The summed E-state index contributed by atoms with van der Waals surface area (Å²) in [5, 5.41) is 2.59. The minimum absolute atomic E-state index is 0.0310. The summed E-state index contributed by atoms with van der Waals surface area (Å²) in [5.74, 6) is -1.24. The summed E-state index contributed by atoms with van der Waals surface area (Å²) in [6.07, 6.45) is -4.84. The highest BCUT2D eigenvalue weighted by molar-refractivity contribution is 9.10. The Kier molecular flexibility index (Phi) is 5.04. The molecule has 27 heavy (non-hydrogen) atoms. The van der Waals surface area contributed by atoms with Crippen LogP contribution in [-0.4, -0.2) is 23.0 Å². The van der Waals surface area contributed by atoms with E-state index in [-0.39, 0.29) is 21.2 Å². The van der Waals surface area contributed by atoms with E-state index in [0.717, 1.165) is 22.8 Å². The number of alkyl halides is 3. The van der Waals surface area contributed by atoms with Crippen LogP contribution in [0.3, 0.4) is 0 Å². The van der Waals surface area contributed by atoms with Crippen molar-refractivity contribution < 1.29 is 22.3 Å². The molecule has 0 amide bonds. The van der Waals surface area contributed by atoms with Crippen molar-refractivity contribution >= 4 is 44.3 Å². The van der Waals surface area contributed by atoms with E-state index in [0.29, 0.717) is 5.69 Å². The van der Waals surface area contributed by atoms with Crippen molar-refractivity contribution in [1.29, 1.82) is 0 Å². The summed E-state index contributed by atoms with van der Waals surface area (Å²) in [6.45, 7) is 0. The van der Waals surface area contributed by atoms with Crippen molar-refractivity contribution in [3.63, 3.8) is 0 Å². The first-order chi connectivity index (χ1) is 12.6. The summed E-state index contributed by atoms with van der Waals surface area (Å²) in [5.41, 5.74) is -0.0423. The monoisotopic (exact) mass is 465 g/mol. The summed E-state index contributed by atoms with van der Waals surface area (Å²) in [4.78, 5) is 16.7. The van der Waals surface area contributed by atoms with Gasteiger partial charge in [0.2, 0.25) is 0 Å². The SMILES string of the molecule is CNc1c(Br)c(=O)n(-c2ccc(OC(F)(F)F)cc2)c2nc(Cl)c(F)cc12. The van der Waals surface area contributed by atoms with E-state index in [1.165, 1.54) is 12.1 Å². The van der Waals surface area contributed by atoms with Gasteiger partial charge in [-0.15, -0.1) is 13.2 Å². The lowest BCUT2D eigenvalue weighted by molar-refractivity contribution is -0.274. The molecule has 0 fully saturated rings. The van der Waals surface area contributed by atoms with Crippen LogP contribution in [0.25, 0.3) is 16.7 Å². The number of fused-ring (bicyclic) bond motifs is 1. The molecule has 0 aliphatic heterocycles. The average Bonchev–Trinajstić information content (AvgIpc) is 2.58. The lowest BCUT2D eigenvalue weighted by Gasteiger charge is -2.15. The highest BCUT2D eigenvalue weighted by Gasteiger charge is 2.31. The average molecular weight is 467 g/mol. The zero-order chi connectivity index (χ0) is 19.9. The molecule has 5 nitrogen and oxygen atoms in total. The molecular weight excluding hydrogens is 458 g/mol. The number of ether oxygens (including phenoxy) is 1. The fourth-order valence-electron chi connectivity index (χ4n) is 2.51. The Hall–Kier alpha value is -2.33. The summed E-state index contributed by atoms with van der Waals surface area (Å²) in [7, 11) is 1.54. The van der Waals surface area contributed by atoms with E-state index >= 15 is 0 Å². The predicted molar refractivity (Wildman–Crippen MR) is 96.2 cm³/mol. The molecule has 142 valence electrons. The zero-order valence-electron chi connectivity index (χ0n) is 13.4. The molecule has 0 spiro atoms. The molecule has 0 saturated carbocycles. The maximum absolute atomic E-state index is 13.9. The van der Waals surface area contributed by atoms with E-state index in [9.17, 15) is 22.4 Å². The highest BCUT2D eigenvalue weighted by Crippen LogP contribution is 2.32. The topological polar surface area (TPSA) is 56.2 Å². The van der Waals surface area contributed by atoms with Crippen LogP contribution in [0.2, 0.25) is 5.15 Å². The smallest absolute Gasteiger partial charge is 0.406 e. The second kappa shape index (κ2) is 7.01. The van der Waals surface area contributed by atoms with Crippen molar-refractivity contribution in [2.75, 3.05) is 12.4 Å². The summed E-state index contributed by atoms with van der Waals surface area (Å²) >= 11 is 8.91. The minimum Gasteiger partial charge on any atom is -0.406 e. The molecule has 2 aromatic heterocycles. The number of pyridine rings is 2. The molecule has 11 heteroatoms. The van der Waals surface area contributed by atoms with Crippen LogP contribution in [0.5, 0.6) is 5.75 Å². The Balaban J connectivity index is 2.27. The van der Waals surface area contributed by atoms with E-state index in [4.69, 9.17) is 11.6 Å². The lowest BCUT2D eigenvalue weighted by atomic mass is 10.2. The second-order valence-electron chi connectivity index (χ2n) is 5.25. The van der Waals surface area contributed by atoms with Gasteiger partial charge in [0.05, 0.1) is 11.4 Å². The molecule has 0 aliphatic carbocycles. The Morgan fingerprint density at radius 2 is 1.89 bits per heavy atom. The third kappa shape index (κ3) is 3.72. The van der Waals surface area contributed by atoms with Gasteiger partial charge in [0.25, 0.3) is 5.56 Å². The molecule has 0 bridgehead atoms. The molecule has 0 unspecified atom stereocenters. The van der Waals surface area contributed by atoms with E-state index in [2.05, 4.69) is 31.0 Å². The van der Waals surface area contributed by atoms with Crippen LogP contribution < -0.4 is 15.6 Å². The fourth-order valence-corrected chi connectivity index (χ4v) is 3.24. The van der Waals surface area contributed by atoms with Gasteiger partial charge in [0.1, 0.15) is 10.2 Å². The van der Waals surface area contributed by atoms with Gasteiger partial charge in [0, 0.05) is 12.4 Å². The van der Waals surface area contributed by atoms with Gasteiger partial charge in [-0.05, 0) is 46.3 Å². The van der Waals surface area contributed by atoms with Crippen LogP contribution in [0, 0.1) is 5.82 Å². The molecular formula is C16H9BrClF4N3O2. The fraction of sp³-hybridized carbons (Fsp3) is 0.125. The van der Waals surface area contributed by atoms with Gasteiger partial charge >= 0.3 is 6.36 Å². The van der Waals surface area contributed by atoms with Gasteiger partial charge in [-0.1, -0.05) is 11.6 Å². The number of benzene rings is 1. The lowest BCUT2D eigenvalue weighted by Crippen LogP contribution is -2.22. The maximum atomic E-state index is 13.9. The van der Waals surface area contributed by atoms with Crippen LogP contribution >= 0.6 is 27.5 Å². The minimum atomic E-state index is -4.84. The molecule has 0 saturated heterocycles. The van der Waals surface area contributed by atoms with Gasteiger partial charge in [-0.25, -0.2) is 9.37 Å². The van der Waals surface area contributed by atoms with Gasteiger partial charge in [-0.2, -0.15) is 0 Å². The van der Waals surface area contributed by atoms with E-state index in [1.807, 2.05) is 0 Å². The molecule has 3 rings (SSSR count). The molecule has 0 radical (unpaired) electrons. The van der Waals surface area contributed by atoms with Crippen molar-refractivity contribution in [3.8, 4) is 11.4 Å². The van der Waals surface area contributed by atoms with E-state index < -0.39 is 28.6 Å². The van der Waals surface area contributed by atoms with Gasteiger partial charge < -0.3 is 10.1 Å². The zero-order valence-corrected chi connectivity index (χ0v) is 15.7. The van der Waals surface area contributed by atoms with Crippen LogP contribution in [-0.2, 0) is 0 Å². The number of aromatic nitrogens is 2. The Morgan fingerprint density at radius 3 is 2.44 bits per heavy atom. The Bertz CT molecular complexity index is 1080. The summed E-state index contributed by atoms with van der Waals surface area (Å²) in [6, 6.07) is 5.69. The van der Waals surface area contributed by atoms with Crippen molar-refractivity contribution in [2.24, 2.45) is 0 Å². The number of rotatable bonds is 3. The van der Waals surface area contributed by atoms with Crippen LogP contribution in [0.4, 0.5) is 23.2 Å². The van der Waals surface area contributed by atoms with Crippen LogP contribution in [0.1, 0.15) is 0 Å². The van der Waals surface area contributed by atoms with Crippen LogP contribution in [0.15, 0.2) is 39.6 Å². The molecule has 2 heterocycles. The number of halogens is 6. The normalized spacial score (nSPS) is 11.7. The van der Waals surface area contributed by atoms with Crippen molar-refractivity contribution in [1.82, 2.24) is 9.55 Å². The molecule has 3 aromatic rings. The number of hydrogen-bond acceptors (Lipinski definition) is 4. The molecule has 1 aromatic carbocycles. The van der Waals surface area contributed by atoms with Gasteiger partial charge in [0.15, 0.2) is 16.6 Å².